The molecule has 0 aliphatic carbocycles. The molecule has 0 amide bonds. The lowest BCUT2D eigenvalue weighted by Gasteiger charge is -1.90. The highest BCUT2D eigenvalue weighted by molar-refractivity contribution is 7.22. The van der Waals surface area contributed by atoms with Crippen LogP contribution in [0.5, 0.6) is 5.75 Å². The Kier molecular flexibility index (Phi) is 1.87. The van der Waals surface area contributed by atoms with E-state index >= 15 is 0 Å². The Bertz CT molecular complexity index is 656. The third-order valence-electron chi connectivity index (χ3n) is 2.39. The number of phenols is 1. The van der Waals surface area contributed by atoms with Crippen LogP contribution in [0, 0.1) is 0 Å². The van der Waals surface area contributed by atoms with E-state index in [1.54, 1.807) is 12.1 Å². The Balaban J connectivity index is 2.22. The Morgan fingerprint density at radius 1 is 1.31 bits per heavy atom. The van der Waals surface area contributed by atoms with Gasteiger partial charge in [-0.25, -0.2) is 0 Å². The van der Waals surface area contributed by atoms with Gasteiger partial charge < -0.3 is 10.8 Å². The molecule has 80 valence electrons. The largest absolute Gasteiger partial charge is 0.506 e. The van der Waals surface area contributed by atoms with Gasteiger partial charge in [0.1, 0.15) is 11.6 Å². The molecular weight excluding hydrogens is 222 g/mol. The number of rotatable bonds is 1. The molecule has 0 unspecified atom stereocenters. The Labute approximate surface area is 95.3 Å². The first-order valence-electron chi connectivity index (χ1n) is 4.77. The van der Waals surface area contributed by atoms with Crippen molar-refractivity contribution < 1.29 is 5.11 Å². The summed E-state index contributed by atoms with van der Waals surface area (Å²) in [6.45, 7) is 0. The zero-order chi connectivity index (χ0) is 11.1. The van der Waals surface area contributed by atoms with E-state index in [1.165, 1.54) is 11.3 Å². The molecule has 16 heavy (non-hydrogen) atoms. The van der Waals surface area contributed by atoms with Gasteiger partial charge in [0, 0.05) is 6.07 Å². The molecule has 4 N–H and O–H groups in total. The fourth-order valence-electron chi connectivity index (χ4n) is 1.64. The van der Waals surface area contributed by atoms with Gasteiger partial charge in [0.25, 0.3) is 0 Å². The normalized spacial score (nSPS) is 11.0. The van der Waals surface area contributed by atoms with E-state index < -0.39 is 0 Å². The summed E-state index contributed by atoms with van der Waals surface area (Å²) < 4.78 is 0.880. The SMILES string of the molecule is Nc1cc(-c2cc3cccc(O)c3s2)[nH]n1. The summed E-state index contributed by atoms with van der Waals surface area (Å²) in [5.41, 5.74) is 6.43. The van der Waals surface area contributed by atoms with Crippen molar-refractivity contribution in [1.29, 1.82) is 0 Å². The van der Waals surface area contributed by atoms with Crippen LogP contribution in [-0.4, -0.2) is 15.3 Å². The second kappa shape index (κ2) is 3.24. The topological polar surface area (TPSA) is 74.9 Å². The van der Waals surface area contributed by atoms with Crippen LogP contribution in [0.15, 0.2) is 30.3 Å². The molecule has 2 heterocycles. The number of anilines is 1. The smallest absolute Gasteiger partial charge is 0.145 e. The first-order valence-corrected chi connectivity index (χ1v) is 5.58. The van der Waals surface area contributed by atoms with Gasteiger partial charge in [0.05, 0.1) is 15.3 Å². The third kappa shape index (κ3) is 1.33. The lowest BCUT2D eigenvalue weighted by atomic mass is 10.2. The van der Waals surface area contributed by atoms with Crippen LogP contribution in [0.25, 0.3) is 20.7 Å². The second-order valence-corrected chi connectivity index (χ2v) is 4.56. The number of nitrogens with two attached hydrogens (primary N) is 1. The maximum atomic E-state index is 9.70. The minimum Gasteiger partial charge on any atom is -0.506 e. The number of thiophene rings is 1. The Hall–Kier alpha value is -2.01. The first kappa shape index (κ1) is 9.23. The number of phenolic OH excluding ortho intramolecular Hbond substituents is 1. The van der Waals surface area contributed by atoms with E-state index in [1.807, 2.05) is 18.2 Å². The molecule has 4 nitrogen and oxygen atoms in total. The zero-order valence-corrected chi connectivity index (χ0v) is 9.08. The van der Waals surface area contributed by atoms with Crippen LogP contribution in [0.4, 0.5) is 5.82 Å². The van der Waals surface area contributed by atoms with E-state index in [2.05, 4.69) is 10.2 Å². The van der Waals surface area contributed by atoms with Gasteiger partial charge in [-0.3, -0.25) is 5.10 Å². The molecule has 0 saturated heterocycles. The van der Waals surface area contributed by atoms with Gasteiger partial charge in [-0.1, -0.05) is 12.1 Å². The molecule has 0 fully saturated rings. The number of H-pyrrole nitrogens is 1. The van der Waals surface area contributed by atoms with Gasteiger partial charge in [0.2, 0.25) is 0 Å². The predicted molar refractivity (Wildman–Crippen MR) is 65.5 cm³/mol. The average Bonchev–Trinajstić information content (AvgIpc) is 2.84. The van der Waals surface area contributed by atoms with Crippen LogP contribution in [-0.2, 0) is 0 Å². The fraction of sp³-hybridized carbons (Fsp3) is 0. The predicted octanol–water partition coefficient (Wildman–Crippen LogP) is 2.58. The molecule has 0 bridgehead atoms. The molecule has 0 saturated carbocycles. The van der Waals surface area contributed by atoms with Gasteiger partial charge in [-0.15, -0.1) is 11.3 Å². The summed E-state index contributed by atoms with van der Waals surface area (Å²) in [6.07, 6.45) is 0. The van der Waals surface area contributed by atoms with E-state index in [-0.39, 0.29) is 0 Å². The van der Waals surface area contributed by atoms with Crippen LogP contribution in [0.1, 0.15) is 0 Å². The van der Waals surface area contributed by atoms with Crippen molar-refractivity contribution >= 4 is 27.2 Å². The third-order valence-corrected chi connectivity index (χ3v) is 3.59. The number of hydrogen-bond acceptors (Lipinski definition) is 4. The minimum absolute atomic E-state index is 0.307. The van der Waals surface area contributed by atoms with E-state index in [9.17, 15) is 5.11 Å². The number of aromatic nitrogens is 2. The summed E-state index contributed by atoms with van der Waals surface area (Å²) in [4.78, 5) is 1.01. The van der Waals surface area contributed by atoms with Crippen molar-refractivity contribution in [2.75, 3.05) is 5.73 Å². The molecule has 0 aliphatic heterocycles. The molecule has 0 radical (unpaired) electrons. The van der Waals surface area contributed by atoms with Gasteiger partial charge in [0.15, 0.2) is 0 Å². The average molecular weight is 231 g/mol. The fourth-order valence-corrected chi connectivity index (χ4v) is 2.68. The number of hydrogen-bond donors (Lipinski definition) is 3. The summed E-state index contributed by atoms with van der Waals surface area (Å²) >= 11 is 1.51. The van der Waals surface area contributed by atoms with E-state index in [0.29, 0.717) is 11.6 Å². The first-order chi connectivity index (χ1) is 7.74. The van der Waals surface area contributed by atoms with Crippen molar-refractivity contribution in [1.82, 2.24) is 10.2 Å². The summed E-state index contributed by atoms with van der Waals surface area (Å²) in [6, 6.07) is 9.27. The highest BCUT2D eigenvalue weighted by Crippen LogP contribution is 2.37. The van der Waals surface area contributed by atoms with E-state index in [4.69, 9.17) is 5.73 Å². The van der Waals surface area contributed by atoms with Crippen molar-refractivity contribution in [2.45, 2.75) is 0 Å². The zero-order valence-electron chi connectivity index (χ0n) is 8.27. The molecule has 0 atom stereocenters. The van der Waals surface area contributed by atoms with Gasteiger partial charge in [-0.05, 0) is 17.5 Å². The van der Waals surface area contributed by atoms with Crippen LogP contribution < -0.4 is 5.73 Å². The quantitative estimate of drug-likeness (QED) is 0.602. The number of fused-ring (bicyclic) bond motifs is 1. The highest BCUT2D eigenvalue weighted by atomic mass is 32.1. The maximum Gasteiger partial charge on any atom is 0.145 e. The summed E-state index contributed by atoms with van der Waals surface area (Å²) in [5, 5.41) is 17.5. The number of nitrogens with one attached hydrogen (secondary N) is 1. The lowest BCUT2D eigenvalue weighted by Crippen LogP contribution is -1.81. The second-order valence-electron chi connectivity index (χ2n) is 3.51. The number of benzene rings is 1. The molecular formula is C11H9N3OS. The molecule has 0 spiro atoms. The minimum atomic E-state index is 0.307. The van der Waals surface area contributed by atoms with Crippen LogP contribution in [0.2, 0.25) is 0 Å². The van der Waals surface area contributed by atoms with Crippen molar-refractivity contribution in [3.63, 3.8) is 0 Å². The van der Waals surface area contributed by atoms with Gasteiger partial charge in [-0.2, -0.15) is 5.10 Å². The molecule has 0 aliphatic rings. The summed E-state index contributed by atoms with van der Waals surface area (Å²) in [7, 11) is 0. The maximum absolute atomic E-state index is 9.70. The number of nitrogen functional groups attached to an aromatic ring is 1. The van der Waals surface area contributed by atoms with Gasteiger partial charge >= 0.3 is 0 Å². The highest BCUT2D eigenvalue weighted by Gasteiger charge is 2.08. The molecule has 2 aromatic heterocycles. The number of aromatic amines is 1. The molecule has 3 rings (SSSR count). The summed E-state index contributed by atoms with van der Waals surface area (Å²) in [5.74, 6) is 0.776. The number of aromatic hydroxyl groups is 1. The Morgan fingerprint density at radius 2 is 2.19 bits per heavy atom. The molecule has 3 aromatic rings. The lowest BCUT2D eigenvalue weighted by molar-refractivity contribution is 0.482. The van der Waals surface area contributed by atoms with Crippen molar-refractivity contribution in [3.8, 4) is 16.3 Å². The molecule has 1 aromatic carbocycles. The standard InChI is InChI=1S/C11H9N3OS/c12-10-5-7(13-14-10)9-4-6-2-1-3-8(15)11(6)16-9/h1-5,15H,(H3,12,13,14). The van der Waals surface area contributed by atoms with Crippen LogP contribution >= 0.6 is 11.3 Å². The van der Waals surface area contributed by atoms with Crippen molar-refractivity contribution in [2.24, 2.45) is 0 Å². The molecule has 5 heteroatoms. The Morgan fingerprint density at radius 3 is 2.88 bits per heavy atom. The van der Waals surface area contributed by atoms with Crippen molar-refractivity contribution in [3.05, 3.63) is 30.3 Å². The van der Waals surface area contributed by atoms with E-state index in [0.717, 1.165) is 20.7 Å². The number of nitrogens with zero attached hydrogens (tertiary/aromatic N) is 1. The van der Waals surface area contributed by atoms with Crippen LogP contribution in [0.3, 0.4) is 0 Å². The monoisotopic (exact) mass is 231 g/mol.